The minimum atomic E-state index is -0.428. The van der Waals surface area contributed by atoms with Crippen LogP contribution >= 0.6 is 0 Å². The number of hydrogen-bond donors (Lipinski definition) is 0. The van der Waals surface area contributed by atoms with E-state index < -0.39 is 5.41 Å². The lowest BCUT2D eigenvalue weighted by molar-refractivity contribution is -0.136. The van der Waals surface area contributed by atoms with Gasteiger partial charge in [0.15, 0.2) is 0 Å². The molecule has 2 aliphatic heterocycles. The molecule has 3 aromatic heterocycles. The van der Waals surface area contributed by atoms with Gasteiger partial charge in [-0.25, -0.2) is 4.98 Å². The van der Waals surface area contributed by atoms with Crippen LogP contribution in [0.15, 0.2) is 60.1 Å². The van der Waals surface area contributed by atoms with E-state index in [2.05, 4.69) is 34.5 Å². The van der Waals surface area contributed by atoms with Crippen LogP contribution in [0.25, 0.3) is 0 Å². The molecule has 162 valence electrons. The summed E-state index contributed by atoms with van der Waals surface area (Å²) in [5.41, 5.74) is 2.81. The second kappa shape index (κ2) is 7.96. The van der Waals surface area contributed by atoms with Gasteiger partial charge in [-0.05, 0) is 38.0 Å². The average Bonchev–Trinajstić information content (AvgIpc) is 3.55. The third-order valence-corrected chi connectivity index (χ3v) is 6.81. The Balaban J connectivity index is 1.43. The van der Waals surface area contributed by atoms with E-state index in [0.29, 0.717) is 12.6 Å². The molecule has 5 heterocycles. The number of hydrogen-bond acceptors (Lipinski definition) is 5. The first-order valence-electron chi connectivity index (χ1n) is 11.0. The second-order valence-corrected chi connectivity index (χ2v) is 9.19. The smallest absolute Gasteiger partial charge is 0.231 e. The van der Waals surface area contributed by atoms with Crippen LogP contribution in [-0.2, 0) is 17.9 Å². The first-order valence-corrected chi connectivity index (χ1v) is 11.0. The minimum Gasteiger partial charge on any atom is -0.472 e. The Morgan fingerprint density at radius 2 is 2.16 bits per heavy atom. The summed E-state index contributed by atoms with van der Waals surface area (Å²) in [6.45, 7) is 8.05. The largest absolute Gasteiger partial charge is 0.472 e. The molecule has 2 saturated heterocycles. The van der Waals surface area contributed by atoms with E-state index in [1.807, 2.05) is 35.6 Å². The molecule has 0 aromatic carbocycles. The predicted octanol–water partition coefficient (Wildman–Crippen LogP) is 3.47. The number of amides is 1. The van der Waals surface area contributed by atoms with Crippen LogP contribution < -0.4 is 0 Å². The van der Waals surface area contributed by atoms with Crippen molar-refractivity contribution in [3.8, 4) is 0 Å². The predicted molar refractivity (Wildman–Crippen MR) is 116 cm³/mol. The zero-order valence-electron chi connectivity index (χ0n) is 18.1. The fourth-order valence-corrected chi connectivity index (χ4v) is 5.15. The van der Waals surface area contributed by atoms with Crippen molar-refractivity contribution in [2.24, 2.45) is 5.41 Å². The van der Waals surface area contributed by atoms with Crippen LogP contribution in [0, 0.1) is 5.41 Å². The SMILES string of the molecule is CC(C)n1cnc([C@@H]2CN(Cc3ccoc3)C[C@@]23CCN(Cc2cccnc2)C3=O)c1. The van der Waals surface area contributed by atoms with Gasteiger partial charge in [-0.2, -0.15) is 0 Å². The lowest BCUT2D eigenvalue weighted by Gasteiger charge is -2.28. The number of furan rings is 1. The molecule has 0 N–H and O–H groups in total. The van der Waals surface area contributed by atoms with Gasteiger partial charge in [0.05, 0.1) is 30.0 Å². The van der Waals surface area contributed by atoms with Crippen molar-refractivity contribution >= 4 is 5.91 Å². The van der Waals surface area contributed by atoms with E-state index >= 15 is 0 Å². The Morgan fingerprint density at radius 1 is 1.26 bits per heavy atom. The molecule has 1 spiro atoms. The summed E-state index contributed by atoms with van der Waals surface area (Å²) in [5.74, 6) is 0.334. The molecule has 31 heavy (non-hydrogen) atoms. The highest BCUT2D eigenvalue weighted by molar-refractivity contribution is 5.86. The van der Waals surface area contributed by atoms with Gasteiger partial charge < -0.3 is 13.9 Å². The molecule has 2 aliphatic rings. The lowest BCUT2D eigenvalue weighted by Crippen LogP contribution is -2.39. The van der Waals surface area contributed by atoms with Crippen molar-refractivity contribution in [3.05, 3.63) is 72.5 Å². The van der Waals surface area contributed by atoms with Gasteiger partial charge in [-0.1, -0.05) is 6.07 Å². The number of rotatable bonds is 6. The number of aromatic nitrogens is 3. The molecule has 1 amide bonds. The maximum absolute atomic E-state index is 13.8. The van der Waals surface area contributed by atoms with Crippen LogP contribution in [0.1, 0.15) is 49.0 Å². The molecule has 7 heteroatoms. The highest BCUT2D eigenvalue weighted by atomic mass is 16.3. The second-order valence-electron chi connectivity index (χ2n) is 9.19. The van der Waals surface area contributed by atoms with Crippen molar-refractivity contribution < 1.29 is 9.21 Å². The Morgan fingerprint density at radius 3 is 2.87 bits per heavy atom. The van der Waals surface area contributed by atoms with E-state index in [0.717, 1.165) is 49.4 Å². The maximum atomic E-state index is 13.8. The molecule has 2 fully saturated rings. The zero-order chi connectivity index (χ0) is 21.4. The van der Waals surface area contributed by atoms with Gasteiger partial charge in [0.2, 0.25) is 5.91 Å². The van der Waals surface area contributed by atoms with E-state index in [1.54, 1.807) is 18.7 Å². The van der Waals surface area contributed by atoms with E-state index in [4.69, 9.17) is 9.40 Å². The summed E-state index contributed by atoms with van der Waals surface area (Å²) < 4.78 is 7.40. The Kier molecular flexibility index (Phi) is 5.14. The summed E-state index contributed by atoms with van der Waals surface area (Å²) in [4.78, 5) is 27.2. The van der Waals surface area contributed by atoms with E-state index in [1.165, 1.54) is 0 Å². The van der Waals surface area contributed by atoms with E-state index in [-0.39, 0.29) is 11.8 Å². The van der Waals surface area contributed by atoms with Crippen molar-refractivity contribution in [1.82, 2.24) is 24.3 Å². The molecule has 2 atom stereocenters. The lowest BCUT2D eigenvalue weighted by atomic mass is 9.75. The molecule has 0 unspecified atom stereocenters. The highest BCUT2D eigenvalue weighted by Crippen LogP contribution is 2.50. The van der Waals surface area contributed by atoms with Crippen molar-refractivity contribution in [1.29, 1.82) is 0 Å². The summed E-state index contributed by atoms with van der Waals surface area (Å²) in [7, 11) is 0. The summed E-state index contributed by atoms with van der Waals surface area (Å²) >= 11 is 0. The number of pyridine rings is 1. The first-order chi connectivity index (χ1) is 15.0. The summed E-state index contributed by atoms with van der Waals surface area (Å²) in [6.07, 6.45) is 12.0. The van der Waals surface area contributed by atoms with Crippen molar-refractivity contribution in [3.63, 3.8) is 0 Å². The molecule has 0 saturated carbocycles. The third-order valence-electron chi connectivity index (χ3n) is 6.81. The van der Waals surface area contributed by atoms with Gasteiger partial charge in [-0.3, -0.25) is 14.7 Å². The fourth-order valence-electron chi connectivity index (χ4n) is 5.15. The first kappa shape index (κ1) is 20.0. The van der Waals surface area contributed by atoms with E-state index in [9.17, 15) is 4.79 Å². The monoisotopic (exact) mass is 419 g/mol. The van der Waals surface area contributed by atoms with Crippen LogP contribution in [-0.4, -0.2) is 49.9 Å². The maximum Gasteiger partial charge on any atom is 0.231 e. The highest BCUT2D eigenvalue weighted by Gasteiger charge is 2.57. The molecular formula is C24H29N5O2. The van der Waals surface area contributed by atoms with Gasteiger partial charge >= 0.3 is 0 Å². The minimum absolute atomic E-state index is 0.0887. The van der Waals surface area contributed by atoms with Crippen LogP contribution in [0.2, 0.25) is 0 Å². The molecule has 0 bridgehead atoms. The summed E-state index contributed by atoms with van der Waals surface area (Å²) in [5, 5.41) is 0. The quantitative estimate of drug-likeness (QED) is 0.612. The molecule has 0 radical (unpaired) electrons. The van der Waals surface area contributed by atoms with Gasteiger partial charge in [0.1, 0.15) is 0 Å². The molecular weight excluding hydrogens is 390 g/mol. The van der Waals surface area contributed by atoms with Gasteiger partial charge in [0, 0.05) is 68.8 Å². The van der Waals surface area contributed by atoms with Crippen LogP contribution in [0.5, 0.6) is 0 Å². The number of imidazole rings is 1. The molecule has 3 aromatic rings. The fraction of sp³-hybridized carbons (Fsp3) is 0.458. The zero-order valence-corrected chi connectivity index (χ0v) is 18.1. The standard InChI is InChI=1S/C24H29N5O2/c1-18(2)29-14-22(26-17-29)21-13-27(11-20-5-9-31-15-20)16-24(21)6-8-28(23(24)30)12-19-4-3-7-25-10-19/h3-5,7,9-10,14-15,17-18,21H,6,8,11-13,16H2,1-2H3/t21-,24-/m0/s1. The Hall–Kier alpha value is -2.93. The van der Waals surface area contributed by atoms with Crippen LogP contribution in [0.3, 0.4) is 0 Å². The third kappa shape index (κ3) is 3.67. The van der Waals surface area contributed by atoms with Crippen LogP contribution in [0.4, 0.5) is 0 Å². The number of carbonyl (C=O) groups is 1. The molecule has 5 rings (SSSR count). The van der Waals surface area contributed by atoms with Gasteiger partial charge in [-0.15, -0.1) is 0 Å². The van der Waals surface area contributed by atoms with Crippen molar-refractivity contribution in [2.75, 3.05) is 19.6 Å². The average molecular weight is 420 g/mol. The molecule has 7 nitrogen and oxygen atoms in total. The number of nitrogens with zero attached hydrogens (tertiary/aromatic N) is 5. The topological polar surface area (TPSA) is 67.4 Å². The van der Waals surface area contributed by atoms with Crippen molar-refractivity contribution in [2.45, 2.75) is 45.3 Å². The van der Waals surface area contributed by atoms with Gasteiger partial charge in [0.25, 0.3) is 0 Å². The Bertz CT molecular complexity index is 1030. The normalized spacial score (nSPS) is 24.2. The Labute approximate surface area is 182 Å². The molecule has 0 aliphatic carbocycles. The summed E-state index contributed by atoms with van der Waals surface area (Å²) in [6, 6.07) is 6.31. The number of carbonyl (C=O) groups excluding carboxylic acids is 1. The number of likely N-dealkylation sites (tertiary alicyclic amines) is 2.